The molecule has 2 aromatic heterocycles. The molecular formula is C26H30FN5O2. The van der Waals surface area contributed by atoms with E-state index in [9.17, 15) is 14.0 Å². The van der Waals surface area contributed by atoms with Gasteiger partial charge in [0.05, 0.1) is 11.1 Å². The first-order valence-electron chi connectivity index (χ1n) is 11.4. The maximum atomic E-state index is 14.5. The first kappa shape index (κ1) is 23.6. The highest BCUT2D eigenvalue weighted by molar-refractivity contribution is 6.04. The van der Waals surface area contributed by atoms with Crippen LogP contribution < -0.4 is 5.32 Å². The van der Waals surface area contributed by atoms with Crippen molar-refractivity contribution in [2.75, 3.05) is 25.0 Å². The maximum Gasteiger partial charge on any atom is 0.257 e. The first-order valence-corrected chi connectivity index (χ1v) is 11.4. The Bertz CT molecular complexity index is 1200. The van der Waals surface area contributed by atoms with E-state index in [0.717, 1.165) is 16.8 Å². The minimum atomic E-state index is -0.399. The molecule has 3 heterocycles. The number of carbonyl (C=O) groups excluding carboxylic acids is 2. The zero-order chi connectivity index (χ0) is 24.4. The van der Waals surface area contributed by atoms with Gasteiger partial charge in [0.2, 0.25) is 0 Å². The van der Waals surface area contributed by atoms with Crippen LogP contribution in [0.3, 0.4) is 0 Å². The lowest BCUT2D eigenvalue weighted by atomic mass is 10.0. The van der Waals surface area contributed by atoms with Crippen LogP contribution in [0.15, 0.2) is 48.9 Å². The van der Waals surface area contributed by atoms with Crippen molar-refractivity contribution in [2.45, 2.75) is 33.4 Å². The average Bonchev–Trinajstić information content (AvgIpc) is 3.23. The lowest BCUT2D eigenvalue weighted by Crippen LogP contribution is -2.53. The van der Waals surface area contributed by atoms with Gasteiger partial charge in [0.1, 0.15) is 5.82 Å². The molecule has 1 saturated heterocycles. The quantitative estimate of drug-likeness (QED) is 0.625. The van der Waals surface area contributed by atoms with E-state index >= 15 is 0 Å². The van der Waals surface area contributed by atoms with Crippen molar-refractivity contribution in [3.05, 3.63) is 82.7 Å². The molecule has 0 bridgehead atoms. The van der Waals surface area contributed by atoms with E-state index in [-0.39, 0.29) is 17.9 Å². The van der Waals surface area contributed by atoms with Gasteiger partial charge in [-0.05, 0) is 62.2 Å². The second-order valence-electron chi connectivity index (χ2n) is 9.03. The van der Waals surface area contributed by atoms with Gasteiger partial charge in [0.15, 0.2) is 0 Å². The molecule has 0 aliphatic carbocycles. The number of aromatic nitrogens is 2. The summed E-state index contributed by atoms with van der Waals surface area (Å²) in [6.07, 6.45) is 5.21. The maximum absolute atomic E-state index is 14.5. The molecule has 3 aromatic rings. The van der Waals surface area contributed by atoms with Crippen LogP contribution in [-0.2, 0) is 13.6 Å². The third-order valence-corrected chi connectivity index (χ3v) is 6.35. The van der Waals surface area contributed by atoms with Crippen LogP contribution in [-0.4, -0.2) is 56.8 Å². The summed E-state index contributed by atoms with van der Waals surface area (Å²) < 4.78 is 16.3. The van der Waals surface area contributed by atoms with Crippen LogP contribution in [0, 0.1) is 19.7 Å². The van der Waals surface area contributed by atoms with Crippen molar-refractivity contribution in [1.82, 2.24) is 19.4 Å². The summed E-state index contributed by atoms with van der Waals surface area (Å²) in [5, 5.41) is 2.82. The average molecular weight is 464 g/mol. The number of hydrogen-bond acceptors (Lipinski definition) is 4. The Kier molecular flexibility index (Phi) is 6.79. The highest BCUT2D eigenvalue weighted by atomic mass is 19.1. The largest absolute Gasteiger partial charge is 0.356 e. The van der Waals surface area contributed by atoms with Crippen LogP contribution in [0.4, 0.5) is 10.1 Å². The number of pyridine rings is 1. The van der Waals surface area contributed by atoms with Crippen LogP contribution in [0.5, 0.6) is 0 Å². The van der Waals surface area contributed by atoms with Gasteiger partial charge in [-0.15, -0.1) is 0 Å². The Morgan fingerprint density at radius 3 is 2.59 bits per heavy atom. The van der Waals surface area contributed by atoms with Gasteiger partial charge >= 0.3 is 0 Å². The molecular weight excluding hydrogens is 433 g/mol. The van der Waals surface area contributed by atoms with Crippen molar-refractivity contribution in [1.29, 1.82) is 0 Å². The number of anilines is 1. The van der Waals surface area contributed by atoms with Crippen LogP contribution >= 0.6 is 0 Å². The topological polar surface area (TPSA) is 70.5 Å². The third kappa shape index (κ3) is 5.17. The molecule has 0 saturated carbocycles. The number of rotatable bonds is 5. The fourth-order valence-electron chi connectivity index (χ4n) is 4.34. The van der Waals surface area contributed by atoms with Crippen LogP contribution in [0.1, 0.15) is 44.5 Å². The summed E-state index contributed by atoms with van der Waals surface area (Å²) >= 11 is 0. The van der Waals surface area contributed by atoms with E-state index in [0.29, 0.717) is 43.0 Å². The Hall–Kier alpha value is -3.52. The molecule has 178 valence electrons. The molecule has 8 heteroatoms. The zero-order valence-electron chi connectivity index (χ0n) is 20.0. The van der Waals surface area contributed by atoms with Crippen molar-refractivity contribution in [2.24, 2.45) is 7.05 Å². The molecule has 1 N–H and O–H groups in total. The van der Waals surface area contributed by atoms with Crippen molar-refractivity contribution in [3.63, 3.8) is 0 Å². The van der Waals surface area contributed by atoms with E-state index in [1.165, 1.54) is 18.3 Å². The summed E-state index contributed by atoms with van der Waals surface area (Å²) in [5.74, 6) is -0.692. The molecule has 34 heavy (non-hydrogen) atoms. The molecule has 1 aliphatic heterocycles. The Labute approximate surface area is 199 Å². The van der Waals surface area contributed by atoms with Gasteiger partial charge in [0, 0.05) is 69.2 Å². The fourth-order valence-corrected chi connectivity index (χ4v) is 4.34. The number of amides is 2. The number of piperazine rings is 1. The first-order chi connectivity index (χ1) is 16.2. The summed E-state index contributed by atoms with van der Waals surface area (Å²) in [4.78, 5) is 33.8. The molecule has 1 aliphatic rings. The van der Waals surface area contributed by atoms with Gasteiger partial charge in [-0.2, -0.15) is 0 Å². The third-order valence-electron chi connectivity index (χ3n) is 6.35. The van der Waals surface area contributed by atoms with E-state index in [1.54, 1.807) is 12.1 Å². The predicted octanol–water partition coefficient (Wildman–Crippen LogP) is 3.77. The monoisotopic (exact) mass is 463 g/mol. The predicted molar refractivity (Wildman–Crippen MR) is 129 cm³/mol. The van der Waals surface area contributed by atoms with Gasteiger partial charge in [-0.3, -0.25) is 19.5 Å². The highest BCUT2D eigenvalue weighted by Gasteiger charge is 2.29. The van der Waals surface area contributed by atoms with Crippen molar-refractivity contribution >= 4 is 17.5 Å². The van der Waals surface area contributed by atoms with E-state index in [1.807, 2.05) is 55.7 Å². The molecule has 1 unspecified atom stereocenters. The smallest absolute Gasteiger partial charge is 0.257 e. The normalized spacial score (nSPS) is 16.5. The van der Waals surface area contributed by atoms with E-state index < -0.39 is 5.82 Å². The summed E-state index contributed by atoms with van der Waals surface area (Å²) in [7, 11) is 1.90. The second-order valence-corrected chi connectivity index (χ2v) is 9.03. The van der Waals surface area contributed by atoms with Gasteiger partial charge in [-0.25, -0.2) is 4.39 Å². The highest BCUT2D eigenvalue weighted by Crippen LogP contribution is 2.25. The number of carbonyl (C=O) groups is 2. The summed E-state index contributed by atoms with van der Waals surface area (Å²) in [6.45, 7) is 8.29. The number of benzene rings is 1. The fraction of sp³-hybridized carbons (Fsp3) is 0.346. The van der Waals surface area contributed by atoms with Crippen LogP contribution in [0.25, 0.3) is 0 Å². The second kappa shape index (κ2) is 9.77. The van der Waals surface area contributed by atoms with Gasteiger partial charge < -0.3 is 14.8 Å². The molecule has 0 spiro atoms. The number of aryl methyl sites for hydroxylation is 2. The zero-order valence-corrected chi connectivity index (χ0v) is 20.0. The lowest BCUT2D eigenvalue weighted by Gasteiger charge is -2.40. The lowest BCUT2D eigenvalue weighted by molar-refractivity contribution is 0.0475. The number of nitrogens with one attached hydrogen (secondary N) is 1. The molecule has 0 radical (unpaired) electrons. The van der Waals surface area contributed by atoms with Crippen molar-refractivity contribution in [3.8, 4) is 0 Å². The Balaban J connectivity index is 1.44. The summed E-state index contributed by atoms with van der Waals surface area (Å²) in [5.41, 5.74) is 4.02. The molecule has 7 nitrogen and oxygen atoms in total. The summed E-state index contributed by atoms with van der Waals surface area (Å²) in [6, 6.07) is 8.19. The van der Waals surface area contributed by atoms with Gasteiger partial charge in [0.25, 0.3) is 11.8 Å². The minimum absolute atomic E-state index is 0.0310. The molecule has 4 rings (SSSR count). The number of halogens is 1. The standard InChI is InChI=1S/C26H30FN5O2/c1-17-5-6-20(13-28-17)25(33)29-24-12-23(27)11-22(19(24)3)16-31-9-10-32(18(2)14-31)26(34)21-7-8-30(4)15-21/h5-8,11-13,15,18H,9-10,14,16H2,1-4H3,(H,29,33). The number of hydrogen-bond donors (Lipinski definition) is 1. The molecule has 1 atom stereocenters. The molecule has 1 aromatic carbocycles. The van der Waals surface area contributed by atoms with Gasteiger partial charge in [-0.1, -0.05) is 0 Å². The van der Waals surface area contributed by atoms with E-state index in [2.05, 4.69) is 15.2 Å². The van der Waals surface area contributed by atoms with Crippen molar-refractivity contribution < 1.29 is 14.0 Å². The van der Waals surface area contributed by atoms with E-state index in [4.69, 9.17) is 0 Å². The van der Waals surface area contributed by atoms with Crippen LogP contribution in [0.2, 0.25) is 0 Å². The minimum Gasteiger partial charge on any atom is -0.356 e. The Morgan fingerprint density at radius 1 is 1.15 bits per heavy atom. The number of nitrogens with zero attached hydrogens (tertiary/aromatic N) is 4. The molecule has 1 fully saturated rings. The molecule has 2 amide bonds. The SMILES string of the molecule is Cc1ccc(C(=O)Nc2cc(F)cc(CN3CCN(C(=O)c4ccn(C)c4)C(C)C3)c2C)cn1. The Morgan fingerprint density at radius 2 is 1.94 bits per heavy atom.